The van der Waals surface area contributed by atoms with Crippen LogP contribution in [0.25, 0.3) is 0 Å². The van der Waals surface area contributed by atoms with Crippen molar-refractivity contribution in [3.8, 4) is 0 Å². The van der Waals surface area contributed by atoms with Crippen LogP contribution in [-0.2, 0) is 14.2 Å². The van der Waals surface area contributed by atoms with Crippen LogP contribution in [0.5, 0.6) is 0 Å². The summed E-state index contributed by atoms with van der Waals surface area (Å²) in [5.74, 6) is 0.601. The fraction of sp³-hybridized carbons (Fsp3) is 1.00. The Morgan fingerprint density at radius 3 is 2.72 bits per heavy atom. The normalized spacial score (nSPS) is 49.2. The molecule has 3 aliphatic heterocycles. The van der Waals surface area contributed by atoms with Gasteiger partial charge in [-0.15, -0.1) is 0 Å². The number of ether oxygens (including phenoxy) is 3. The molecule has 1 saturated carbocycles. The highest BCUT2D eigenvalue weighted by atomic mass is 16.5. The first-order valence-electron chi connectivity index (χ1n) is 10.1. The van der Waals surface area contributed by atoms with E-state index in [9.17, 15) is 0 Å². The van der Waals surface area contributed by atoms with Crippen molar-refractivity contribution in [2.45, 2.75) is 82.2 Å². The molecule has 0 spiro atoms. The number of hydrogen-bond donors (Lipinski definition) is 4. The molecular formula is C18H34N4O3. The zero-order chi connectivity index (χ0) is 17.2. The molecule has 7 heteroatoms. The zero-order valence-corrected chi connectivity index (χ0v) is 15.5. The highest BCUT2D eigenvalue weighted by Crippen LogP contribution is 2.34. The van der Waals surface area contributed by atoms with Gasteiger partial charge in [0.15, 0.2) is 0 Å². The lowest BCUT2D eigenvalue weighted by Gasteiger charge is -2.40. The lowest BCUT2D eigenvalue weighted by atomic mass is 9.77. The first-order chi connectivity index (χ1) is 12.2. The van der Waals surface area contributed by atoms with Crippen LogP contribution in [0.2, 0.25) is 0 Å². The van der Waals surface area contributed by atoms with Crippen LogP contribution in [0, 0.1) is 5.92 Å². The zero-order valence-electron chi connectivity index (χ0n) is 15.5. The predicted octanol–water partition coefficient (Wildman–Crippen LogP) is 0.118. The molecule has 0 amide bonds. The molecule has 4 rings (SSSR count). The monoisotopic (exact) mass is 354 g/mol. The fourth-order valence-corrected chi connectivity index (χ4v) is 4.77. The highest BCUT2D eigenvalue weighted by Gasteiger charge is 2.45. The number of fused-ring (bicyclic) bond motifs is 4. The van der Waals surface area contributed by atoms with Gasteiger partial charge in [0.05, 0.1) is 24.9 Å². The molecule has 144 valence electrons. The Labute approximate surface area is 150 Å². The second-order valence-corrected chi connectivity index (χ2v) is 8.19. The van der Waals surface area contributed by atoms with Crippen molar-refractivity contribution in [2.24, 2.45) is 5.92 Å². The molecule has 25 heavy (non-hydrogen) atoms. The van der Waals surface area contributed by atoms with Crippen LogP contribution in [0.15, 0.2) is 0 Å². The van der Waals surface area contributed by atoms with Gasteiger partial charge in [0.2, 0.25) is 0 Å². The van der Waals surface area contributed by atoms with Gasteiger partial charge in [-0.3, -0.25) is 16.2 Å². The van der Waals surface area contributed by atoms with Crippen molar-refractivity contribution >= 4 is 0 Å². The van der Waals surface area contributed by atoms with Gasteiger partial charge >= 0.3 is 0 Å². The molecule has 1 aliphatic carbocycles. The van der Waals surface area contributed by atoms with Crippen molar-refractivity contribution in [1.29, 1.82) is 0 Å². The molecule has 0 aromatic rings. The standard InChI is InChI=1S/C18H34N4O3/c1-11-5-6-23-12(2)10-24-17-9-19-8-16(20-17)18-14-7-13(25-11)3-4-15(14)21-22-18/h11-22H,3-10H2,1-2H3/t11-,12+,13?,14?,15?,16?,17?,18?/m0/s1. The van der Waals surface area contributed by atoms with Crippen LogP contribution in [-0.4, -0.2) is 69.0 Å². The molecule has 4 bridgehead atoms. The van der Waals surface area contributed by atoms with Crippen molar-refractivity contribution in [3.05, 3.63) is 0 Å². The number of nitrogens with one attached hydrogen (secondary N) is 4. The summed E-state index contributed by atoms with van der Waals surface area (Å²) in [6, 6.07) is 1.32. The third-order valence-corrected chi connectivity index (χ3v) is 6.16. The number of hydrogen-bond acceptors (Lipinski definition) is 7. The summed E-state index contributed by atoms with van der Waals surface area (Å²) in [5, 5.41) is 7.23. The van der Waals surface area contributed by atoms with E-state index >= 15 is 0 Å². The summed E-state index contributed by atoms with van der Waals surface area (Å²) in [5.41, 5.74) is 7.10. The Hall–Kier alpha value is -0.280. The van der Waals surface area contributed by atoms with Crippen LogP contribution >= 0.6 is 0 Å². The minimum atomic E-state index is 0.0466. The second-order valence-electron chi connectivity index (χ2n) is 8.19. The Bertz CT molecular complexity index is 441. The quantitative estimate of drug-likeness (QED) is 0.492. The van der Waals surface area contributed by atoms with Crippen molar-refractivity contribution < 1.29 is 14.2 Å². The van der Waals surface area contributed by atoms with Gasteiger partial charge in [-0.05, 0) is 45.4 Å². The summed E-state index contributed by atoms with van der Waals surface area (Å²) in [4.78, 5) is 0. The minimum absolute atomic E-state index is 0.0466. The molecule has 8 atom stereocenters. The van der Waals surface area contributed by atoms with E-state index in [0.29, 0.717) is 36.8 Å². The summed E-state index contributed by atoms with van der Waals surface area (Å²) in [6.07, 6.45) is 5.16. The predicted molar refractivity (Wildman–Crippen MR) is 95.1 cm³/mol. The maximum atomic E-state index is 6.36. The Morgan fingerprint density at radius 1 is 0.880 bits per heavy atom. The van der Waals surface area contributed by atoms with E-state index < -0.39 is 0 Å². The van der Waals surface area contributed by atoms with Gasteiger partial charge in [0.1, 0.15) is 6.23 Å². The lowest BCUT2D eigenvalue weighted by Crippen LogP contribution is -2.63. The third kappa shape index (κ3) is 4.35. The Kier molecular flexibility index (Phi) is 5.91. The molecule has 0 aromatic carbocycles. The van der Waals surface area contributed by atoms with E-state index in [2.05, 4.69) is 35.3 Å². The van der Waals surface area contributed by atoms with Gasteiger partial charge in [0.25, 0.3) is 0 Å². The molecular weight excluding hydrogens is 320 g/mol. The second kappa shape index (κ2) is 8.17. The molecule has 3 saturated heterocycles. The molecule has 6 unspecified atom stereocenters. The molecule has 4 aliphatic rings. The topological polar surface area (TPSA) is 75.8 Å². The molecule has 7 nitrogen and oxygen atoms in total. The van der Waals surface area contributed by atoms with Gasteiger partial charge in [-0.1, -0.05) is 0 Å². The van der Waals surface area contributed by atoms with E-state index in [1.165, 1.54) is 6.42 Å². The highest BCUT2D eigenvalue weighted by molar-refractivity contribution is 5.02. The maximum Gasteiger partial charge on any atom is 0.121 e. The summed E-state index contributed by atoms with van der Waals surface area (Å²) in [7, 11) is 0. The van der Waals surface area contributed by atoms with Crippen molar-refractivity contribution in [3.63, 3.8) is 0 Å². The van der Waals surface area contributed by atoms with Gasteiger partial charge < -0.3 is 19.5 Å². The average Bonchev–Trinajstić information content (AvgIpc) is 3.03. The first-order valence-corrected chi connectivity index (χ1v) is 10.1. The smallest absolute Gasteiger partial charge is 0.121 e. The summed E-state index contributed by atoms with van der Waals surface area (Å²) >= 11 is 0. The van der Waals surface area contributed by atoms with E-state index in [4.69, 9.17) is 14.2 Å². The molecule has 0 radical (unpaired) electrons. The maximum absolute atomic E-state index is 6.36. The molecule has 4 fully saturated rings. The van der Waals surface area contributed by atoms with Gasteiger partial charge in [0, 0.05) is 37.8 Å². The number of rotatable bonds is 0. The number of piperazine rings is 1. The molecule has 3 heterocycles. The first kappa shape index (κ1) is 18.1. The van der Waals surface area contributed by atoms with E-state index in [1.54, 1.807) is 0 Å². The van der Waals surface area contributed by atoms with Crippen LogP contribution in [0.1, 0.15) is 39.5 Å². The lowest BCUT2D eigenvalue weighted by molar-refractivity contribution is -0.0693. The molecule has 0 aromatic heterocycles. The Balaban J connectivity index is 1.47. The van der Waals surface area contributed by atoms with Gasteiger partial charge in [-0.25, -0.2) is 0 Å². The third-order valence-electron chi connectivity index (χ3n) is 6.16. The Morgan fingerprint density at radius 2 is 1.80 bits per heavy atom. The van der Waals surface area contributed by atoms with E-state index in [0.717, 1.165) is 39.0 Å². The minimum Gasteiger partial charge on any atom is -0.376 e. The van der Waals surface area contributed by atoms with Crippen LogP contribution < -0.4 is 21.5 Å². The van der Waals surface area contributed by atoms with Crippen LogP contribution in [0.4, 0.5) is 0 Å². The fourth-order valence-electron chi connectivity index (χ4n) is 4.77. The van der Waals surface area contributed by atoms with Gasteiger partial charge in [-0.2, -0.15) is 0 Å². The van der Waals surface area contributed by atoms with E-state index in [1.807, 2.05) is 0 Å². The van der Waals surface area contributed by atoms with Crippen molar-refractivity contribution in [2.75, 3.05) is 26.3 Å². The molecule has 4 N–H and O–H groups in total. The average molecular weight is 354 g/mol. The summed E-state index contributed by atoms with van der Waals surface area (Å²) in [6.45, 7) is 7.42. The van der Waals surface area contributed by atoms with Crippen LogP contribution in [0.3, 0.4) is 0 Å². The largest absolute Gasteiger partial charge is 0.376 e. The van der Waals surface area contributed by atoms with E-state index in [-0.39, 0.29) is 18.4 Å². The summed E-state index contributed by atoms with van der Waals surface area (Å²) < 4.78 is 18.3. The SMILES string of the molecule is C[C@@H]1COC2CNCC(N2)C2NNC3CCC(CC32)O[C@@H](C)CCO1. The number of hydrazine groups is 1. The van der Waals surface area contributed by atoms with Crippen molar-refractivity contribution in [1.82, 2.24) is 21.5 Å².